The number of benzene rings is 3. The van der Waals surface area contributed by atoms with E-state index in [9.17, 15) is 18.0 Å². The number of morpholine rings is 1. The smallest absolute Gasteiger partial charge is 0.261 e. The van der Waals surface area contributed by atoms with Crippen molar-refractivity contribution < 1.29 is 32.2 Å². The van der Waals surface area contributed by atoms with Crippen molar-refractivity contribution in [3.8, 4) is 11.5 Å². The van der Waals surface area contributed by atoms with Crippen molar-refractivity contribution in [3.63, 3.8) is 0 Å². The van der Waals surface area contributed by atoms with Crippen LogP contribution in [0.4, 0.5) is 0 Å². The second-order valence-corrected chi connectivity index (χ2v) is 11.8. The molecule has 1 fully saturated rings. The molecular weight excluding hydrogens is 570 g/mol. The first-order valence-corrected chi connectivity index (χ1v) is 15.4. The largest absolute Gasteiger partial charge is 0.497 e. The van der Waals surface area contributed by atoms with E-state index in [1.807, 2.05) is 42.5 Å². The Hall–Kier alpha value is -4.19. The van der Waals surface area contributed by atoms with Crippen LogP contribution in [-0.4, -0.2) is 82.0 Å². The summed E-state index contributed by atoms with van der Waals surface area (Å²) in [5, 5.41) is 2.83. The summed E-state index contributed by atoms with van der Waals surface area (Å²) in [5.41, 5.74) is 1.70. The first-order chi connectivity index (χ1) is 20.8. The minimum atomic E-state index is -3.66. The molecule has 0 aliphatic carbocycles. The van der Waals surface area contributed by atoms with Crippen LogP contribution in [0.1, 0.15) is 11.1 Å². The molecule has 1 atom stereocenters. The molecule has 10 nitrogen and oxygen atoms in total. The van der Waals surface area contributed by atoms with Gasteiger partial charge >= 0.3 is 0 Å². The van der Waals surface area contributed by atoms with E-state index in [0.717, 1.165) is 11.1 Å². The number of carbonyl (C=O) groups is 2. The minimum Gasteiger partial charge on any atom is -0.497 e. The van der Waals surface area contributed by atoms with Gasteiger partial charge in [-0.2, -0.15) is 4.31 Å². The molecule has 1 N–H and O–H groups in total. The van der Waals surface area contributed by atoms with E-state index in [0.29, 0.717) is 44.2 Å². The Labute approximate surface area is 252 Å². The van der Waals surface area contributed by atoms with Crippen LogP contribution in [0.3, 0.4) is 0 Å². The quantitative estimate of drug-likeness (QED) is 0.280. The summed E-state index contributed by atoms with van der Waals surface area (Å²) in [7, 11) is -2.08. The zero-order valence-corrected chi connectivity index (χ0v) is 25.0. The van der Waals surface area contributed by atoms with Crippen molar-refractivity contribution in [3.05, 3.63) is 103 Å². The fourth-order valence-corrected chi connectivity index (χ4v) is 6.05. The zero-order valence-electron chi connectivity index (χ0n) is 24.2. The van der Waals surface area contributed by atoms with E-state index in [-0.39, 0.29) is 30.5 Å². The lowest BCUT2D eigenvalue weighted by Gasteiger charge is -2.31. The number of methoxy groups -OCH3 is 1. The number of nitrogens with zero attached hydrogens (tertiary/aromatic N) is 2. The van der Waals surface area contributed by atoms with Gasteiger partial charge in [0.1, 0.15) is 17.5 Å². The van der Waals surface area contributed by atoms with Gasteiger partial charge in [0.05, 0.1) is 25.2 Å². The van der Waals surface area contributed by atoms with E-state index >= 15 is 0 Å². The summed E-state index contributed by atoms with van der Waals surface area (Å²) < 4.78 is 43.6. The van der Waals surface area contributed by atoms with Crippen molar-refractivity contribution in [2.24, 2.45) is 0 Å². The molecule has 0 bridgehead atoms. The Morgan fingerprint density at radius 3 is 2.26 bits per heavy atom. The highest BCUT2D eigenvalue weighted by atomic mass is 32.2. The first-order valence-electron chi connectivity index (χ1n) is 14.0. The fraction of sp³-hybridized carbons (Fsp3) is 0.312. The second-order valence-electron chi connectivity index (χ2n) is 9.89. The lowest BCUT2D eigenvalue weighted by atomic mass is 10.0. The number of rotatable bonds is 14. The maximum atomic E-state index is 13.7. The van der Waals surface area contributed by atoms with Crippen LogP contribution in [0.25, 0.3) is 0 Å². The third kappa shape index (κ3) is 8.66. The highest BCUT2D eigenvalue weighted by molar-refractivity contribution is 7.89. The summed E-state index contributed by atoms with van der Waals surface area (Å²) in [6, 6.07) is 21.9. The molecule has 1 heterocycles. The lowest BCUT2D eigenvalue weighted by Crippen LogP contribution is -2.51. The highest BCUT2D eigenvalue weighted by Gasteiger charge is 2.31. The van der Waals surface area contributed by atoms with Crippen molar-refractivity contribution in [1.29, 1.82) is 0 Å². The number of amides is 2. The molecule has 3 aromatic rings. The summed E-state index contributed by atoms with van der Waals surface area (Å²) in [6.07, 6.45) is 1.87. The molecule has 1 aliphatic rings. The Morgan fingerprint density at radius 1 is 0.977 bits per heavy atom. The third-order valence-corrected chi connectivity index (χ3v) is 8.91. The van der Waals surface area contributed by atoms with Gasteiger partial charge in [-0.1, -0.05) is 48.5 Å². The molecule has 0 aromatic heterocycles. The predicted molar refractivity (Wildman–Crippen MR) is 162 cm³/mol. The number of sulfonamides is 1. The van der Waals surface area contributed by atoms with Crippen LogP contribution >= 0.6 is 0 Å². The molecule has 3 aromatic carbocycles. The standard InChI is InChI=1S/C32H37N3O7S/c1-3-17-33-32(37)30(22-25-7-5-4-6-8-25)35(23-26-9-11-27(40-2)12-10-26)31(36)24-42-28-13-15-29(16-14-28)43(38,39)34-18-20-41-21-19-34/h3-16,30H,1,17-24H2,2H3,(H,33,37)/t30-/m0/s1. The van der Waals surface area contributed by atoms with Gasteiger partial charge < -0.3 is 24.4 Å². The Morgan fingerprint density at radius 2 is 1.63 bits per heavy atom. The summed E-state index contributed by atoms with van der Waals surface area (Å²) in [4.78, 5) is 28.8. The molecular formula is C32H37N3O7S. The van der Waals surface area contributed by atoms with Gasteiger partial charge in [0.2, 0.25) is 15.9 Å². The summed E-state index contributed by atoms with van der Waals surface area (Å²) in [5.74, 6) is 0.279. The Bertz CT molecular complexity index is 1460. The average Bonchev–Trinajstić information content (AvgIpc) is 3.05. The summed E-state index contributed by atoms with van der Waals surface area (Å²) >= 11 is 0. The fourth-order valence-electron chi connectivity index (χ4n) is 4.64. The summed E-state index contributed by atoms with van der Waals surface area (Å²) in [6.45, 7) is 5.03. The molecule has 1 saturated heterocycles. The third-order valence-electron chi connectivity index (χ3n) is 7.00. The van der Waals surface area contributed by atoms with E-state index in [1.165, 1.54) is 33.5 Å². The van der Waals surface area contributed by atoms with Crippen molar-refractivity contribution in [2.45, 2.75) is 23.9 Å². The normalized spacial score (nSPS) is 14.3. The van der Waals surface area contributed by atoms with Crippen LogP contribution in [-0.2, 0) is 37.3 Å². The second kappa shape index (κ2) is 15.3. The number of carbonyl (C=O) groups excluding carboxylic acids is 2. The van der Waals surface area contributed by atoms with Crippen LogP contribution in [0.5, 0.6) is 11.5 Å². The molecule has 43 heavy (non-hydrogen) atoms. The minimum absolute atomic E-state index is 0.135. The average molecular weight is 608 g/mol. The van der Waals surface area contributed by atoms with Crippen LogP contribution in [0.2, 0.25) is 0 Å². The van der Waals surface area contributed by atoms with Gasteiger partial charge in [-0.15, -0.1) is 6.58 Å². The van der Waals surface area contributed by atoms with E-state index in [1.54, 1.807) is 25.3 Å². The van der Waals surface area contributed by atoms with Crippen molar-refractivity contribution in [1.82, 2.24) is 14.5 Å². The topological polar surface area (TPSA) is 114 Å². The van der Waals surface area contributed by atoms with Gasteiger partial charge in [-0.05, 0) is 47.5 Å². The number of nitrogens with one attached hydrogen (secondary N) is 1. The maximum Gasteiger partial charge on any atom is 0.261 e. The molecule has 0 unspecified atom stereocenters. The Kier molecular flexibility index (Phi) is 11.3. The number of hydrogen-bond acceptors (Lipinski definition) is 7. The molecule has 4 rings (SSSR count). The van der Waals surface area contributed by atoms with Gasteiger partial charge in [-0.25, -0.2) is 8.42 Å². The predicted octanol–water partition coefficient (Wildman–Crippen LogP) is 3.04. The van der Waals surface area contributed by atoms with Crippen LogP contribution < -0.4 is 14.8 Å². The monoisotopic (exact) mass is 607 g/mol. The molecule has 0 saturated carbocycles. The Balaban J connectivity index is 1.54. The number of ether oxygens (including phenoxy) is 3. The molecule has 11 heteroatoms. The SMILES string of the molecule is C=CCNC(=O)[C@H](Cc1ccccc1)N(Cc1ccc(OC)cc1)C(=O)COc1ccc(S(=O)(=O)N2CCOCC2)cc1. The van der Waals surface area contributed by atoms with Crippen molar-refractivity contribution >= 4 is 21.8 Å². The van der Waals surface area contributed by atoms with Crippen LogP contribution in [0, 0.1) is 0 Å². The number of hydrogen-bond donors (Lipinski definition) is 1. The van der Waals surface area contributed by atoms with Crippen LogP contribution in [0.15, 0.2) is 96.4 Å². The van der Waals surface area contributed by atoms with Gasteiger partial charge in [0.25, 0.3) is 5.91 Å². The van der Waals surface area contributed by atoms with E-state index < -0.39 is 22.0 Å². The first kappa shape index (κ1) is 31.7. The maximum absolute atomic E-state index is 13.7. The van der Waals surface area contributed by atoms with Crippen molar-refractivity contribution in [2.75, 3.05) is 46.6 Å². The van der Waals surface area contributed by atoms with E-state index in [4.69, 9.17) is 14.2 Å². The van der Waals surface area contributed by atoms with E-state index in [2.05, 4.69) is 11.9 Å². The van der Waals surface area contributed by atoms with Gasteiger partial charge in [-0.3, -0.25) is 9.59 Å². The molecule has 1 aliphatic heterocycles. The van der Waals surface area contributed by atoms with Gasteiger partial charge in [0, 0.05) is 32.6 Å². The molecule has 0 spiro atoms. The highest BCUT2D eigenvalue weighted by Crippen LogP contribution is 2.22. The molecule has 0 radical (unpaired) electrons. The molecule has 2 amide bonds. The zero-order chi connectivity index (χ0) is 30.7. The molecule has 228 valence electrons. The lowest BCUT2D eigenvalue weighted by molar-refractivity contribution is -0.142. The van der Waals surface area contributed by atoms with Gasteiger partial charge in [0.15, 0.2) is 6.61 Å².